The van der Waals surface area contributed by atoms with Crippen molar-refractivity contribution in [2.24, 2.45) is 0 Å². The summed E-state index contributed by atoms with van der Waals surface area (Å²) in [6.07, 6.45) is 2.80. The van der Waals surface area contributed by atoms with E-state index < -0.39 is 10.5 Å². The summed E-state index contributed by atoms with van der Waals surface area (Å²) in [5, 5.41) is 26.8. The van der Waals surface area contributed by atoms with Crippen LogP contribution in [0.1, 0.15) is 25.0 Å². The number of non-ortho nitro benzene ring substituents is 1. The first-order chi connectivity index (χ1) is 10.6. The molecule has 1 aliphatic rings. The fourth-order valence-corrected chi connectivity index (χ4v) is 3.27. The predicted octanol–water partition coefficient (Wildman–Crippen LogP) is 2.72. The van der Waals surface area contributed by atoms with Gasteiger partial charge in [0.15, 0.2) is 0 Å². The van der Waals surface area contributed by atoms with E-state index in [0.29, 0.717) is 13.1 Å². The summed E-state index contributed by atoms with van der Waals surface area (Å²) >= 11 is 1.46. The van der Waals surface area contributed by atoms with E-state index in [4.69, 9.17) is 0 Å². The first-order valence-corrected chi connectivity index (χ1v) is 8.06. The number of rotatable bonds is 6. The Morgan fingerprint density at radius 2 is 2.27 bits per heavy atom. The van der Waals surface area contributed by atoms with Crippen molar-refractivity contribution in [3.63, 3.8) is 0 Å². The van der Waals surface area contributed by atoms with Crippen molar-refractivity contribution in [2.45, 2.75) is 31.4 Å². The zero-order chi connectivity index (χ0) is 15.6. The maximum atomic E-state index is 10.8. The second-order valence-electron chi connectivity index (χ2n) is 5.63. The third-order valence-electron chi connectivity index (χ3n) is 3.90. The lowest BCUT2D eigenvalue weighted by Gasteiger charge is -2.36. The summed E-state index contributed by atoms with van der Waals surface area (Å²) in [6.45, 7) is 1.17. The van der Waals surface area contributed by atoms with Crippen molar-refractivity contribution in [2.75, 3.05) is 6.54 Å². The standard InChI is InChI=1S/C15H17N3O3S/c19-15(5-2-6-15)10-16-8-12-9-22-14(17-12)11-3-1-4-13(7-11)18(20)21/h1,3-4,7,9,16,19H,2,5-6,8,10H2. The molecule has 1 fully saturated rings. The number of hydrogen-bond donors (Lipinski definition) is 2. The van der Waals surface area contributed by atoms with Crippen molar-refractivity contribution in [1.29, 1.82) is 0 Å². The first kappa shape index (κ1) is 15.1. The molecule has 0 amide bonds. The average molecular weight is 319 g/mol. The van der Waals surface area contributed by atoms with Gasteiger partial charge in [0, 0.05) is 36.2 Å². The number of nitrogens with one attached hydrogen (secondary N) is 1. The van der Waals surface area contributed by atoms with Crippen LogP contribution in [-0.2, 0) is 6.54 Å². The Labute approximate surface area is 132 Å². The van der Waals surface area contributed by atoms with Crippen molar-refractivity contribution < 1.29 is 10.0 Å². The highest BCUT2D eigenvalue weighted by molar-refractivity contribution is 7.13. The van der Waals surface area contributed by atoms with Crippen LogP contribution in [-0.4, -0.2) is 27.2 Å². The number of nitrogens with zero attached hydrogens (tertiary/aromatic N) is 2. The third-order valence-corrected chi connectivity index (χ3v) is 4.84. The topological polar surface area (TPSA) is 88.3 Å². The van der Waals surface area contributed by atoms with E-state index in [2.05, 4.69) is 10.3 Å². The van der Waals surface area contributed by atoms with Gasteiger partial charge in [-0.1, -0.05) is 12.1 Å². The molecule has 6 nitrogen and oxygen atoms in total. The number of nitro groups is 1. The average Bonchev–Trinajstić information content (AvgIpc) is 2.94. The van der Waals surface area contributed by atoms with E-state index in [1.165, 1.54) is 23.5 Å². The highest BCUT2D eigenvalue weighted by atomic mass is 32.1. The summed E-state index contributed by atoms with van der Waals surface area (Å²) < 4.78 is 0. The van der Waals surface area contributed by atoms with Crippen molar-refractivity contribution >= 4 is 17.0 Å². The fraction of sp³-hybridized carbons (Fsp3) is 0.400. The number of aliphatic hydroxyl groups is 1. The van der Waals surface area contributed by atoms with Gasteiger partial charge in [0.2, 0.25) is 0 Å². The summed E-state index contributed by atoms with van der Waals surface area (Å²) in [7, 11) is 0. The molecule has 0 unspecified atom stereocenters. The Kier molecular flexibility index (Phi) is 4.19. The molecular formula is C15H17N3O3S. The van der Waals surface area contributed by atoms with Crippen LogP contribution in [0.25, 0.3) is 10.6 Å². The van der Waals surface area contributed by atoms with E-state index in [1.54, 1.807) is 6.07 Å². The smallest absolute Gasteiger partial charge is 0.270 e. The molecule has 22 heavy (non-hydrogen) atoms. The van der Waals surface area contributed by atoms with Gasteiger partial charge in [-0.2, -0.15) is 0 Å². The second-order valence-corrected chi connectivity index (χ2v) is 6.49. The monoisotopic (exact) mass is 319 g/mol. The van der Waals surface area contributed by atoms with Crippen LogP contribution >= 0.6 is 11.3 Å². The maximum absolute atomic E-state index is 10.8. The molecule has 0 radical (unpaired) electrons. The van der Waals surface area contributed by atoms with Crippen molar-refractivity contribution in [3.8, 4) is 10.6 Å². The van der Waals surface area contributed by atoms with E-state index in [9.17, 15) is 15.2 Å². The lowest BCUT2D eigenvalue weighted by Crippen LogP contribution is -2.46. The molecule has 2 N–H and O–H groups in total. The molecule has 7 heteroatoms. The second kappa shape index (κ2) is 6.12. The largest absolute Gasteiger partial charge is 0.389 e. The molecule has 0 spiro atoms. The van der Waals surface area contributed by atoms with Gasteiger partial charge in [-0.15, -0.1) is 11.3 Å². The summed E-state index contributed by atoms with van der Waals surface area (Å²) in [5.41, 5.74) is 1.16. The van der Waals surface area contributed by atoms with E-state index >= 15 is 0 Å². The minimum atomic E-state index is -0.543. The molecule has 1 saturated carbocycles. The van der Waals surface area contributed by atoms with Crippen LogP contribution in [0.2, 0.25) is 0 Å². The quantitative estimate of drug-likeness (QED) is 0.631. The van der Waals surface area contributed by atoms with Crippen LogP contribution < -0.4 is 5.32 Å². The molecule has 116 valence electrons. The maximum Gasteiger partial charge on any atom is 0.270 e. The van der Waals surface area contributed by atoms with Gasteiger partial charge in [0.05, 0.1) is 16.2 Å². The lowest BCUT2D eigenvalue weighted by molar-refractivity contribution is -0.384. The van der Waals surface area contributed by atoms with E-state index in [1.807, 2.05) is 11.4 Å². The lowest BCUT2D eigenvalue weighted by atomic mass is 9.80. The summed E-state index contributed by atoms with van der Waals surface area (Å²) in [5.74, 6) is 0. The number of nitro benzene ring substituents is 1. The Bertz CT molecular complexity index is 682. The molecule has 1 aromatic heterocycles. The molecular weight excluding hydrogens is 302 g/mol. The van der Waals surface area contributed by atoms with Gasteiger partial charge in [0.25, 0.3) is 5.69 Å². The minimum Gasteiger partial charge on any atom is -0.389 e. The fourth-order valence-electron chi connectivity index (χ4n) is 2.46. The van der Waals surface area contributed by atoms with Gasteiger partial charge < -0.3 is 10.4 Å². The van der Waals surface area contributed by atoms with Crippen molar-refractivity contribution in [3.05, 3.63) is 45.5 Å². The molecule has 1 heterocycles. The number of hydrogen-bond acceptors (Lipinski definition) is 6. The normalized spacial score (nSPS) is 16.2. The van der Waals surface area contributed by atoms with Gasteiger partial charge in [0.1, 0.15) is 5.01 Å². The van der Waals surface area contributed by atoms with Gasteiger partial charge in [-0.25, -0.2) is 4.98 Å². The highest BCUT2D eigenvalue weighted by Gasteiger charge is 2.33. The molecule has 1 aromatic carbocycles. The first-order valence-electron chi connectivity index (χ1n) is 7.18. The SMILES string of the molecule is O=[N+]([O-])c1cccc(-c2nc(CNCC3(O)CCC3)cs2)c1. The zero-order valence-electron chi connectivity index (χ0n) is 12.0. The van der Waals surface area contributed by atoms with Gasteiger partial charge >= 0.3 is 0 Å². The molecule has 2 aromatic rings. The molecule has 0 saturated heterocycles. The van der Waals surface area contributed by atoms with Crippen LogP contribution in [0.15, 0.2) is 29.6 Å². The zero-order valence-corrected chi connectivity index (χ0v) is 12.8. The summed E-state index contributed by atoms with van der Waals surface area (Å²) in [6, 6.07) is 6.49. The highest BCUT2D eigenvalue weighted by Crippen LogP contribution is 2.31. The van der Waals surface area contributed by atoms with Crippen molar-refractivity contribution in [1.82, 2.24) is 10.3 Å². The van der Waals surface area contributed by atoms with Crippen LogP contribution in [0, 0.1) is 10.1 Å². The van der Waals surface area contributed by atoms with E-state index in [0.717, 1.165) is 35.5 Å². The van der Waals surface area contributed by atoms with Crippen LogP contribution in [0.4, 0.5) is 5.69 Å². The molecule has 0 atom stereocenters. The number of thiazole rings is 1. The Morgan fingerprint density at radius 3 is 2.95 bits per heavy atom. The minimum absolute atomic E-state index is 0.0691. The molecule has 0 bridgehead atoms. The molecule has 1 aliphatic carbocycles. The number of aromatic nitrogens is 1. The van der Waals surface area contributed by atoms with E-state index in [-0.39, 0.29) is 5.69 Å². The predicted molar refractivity (Wildman–Crippen MR) is 84.7 cm³/mol. The van der Waals surface area contributed by atoms with Gasteiger partial charge in [-0.05, 0) is 19.3 Å². The Balaban J connectivity index is 1.63. The Hall–Kier alpha value is -1.83. The third kappa shape index (κ3) is 3.32. The van der Waals surface area contributed by atoms with Crippen LogP contribution in [0.5, 0.6) is 0 Å². The number of benzene rings is 1. The van der Waals surface area contributed by atoms with Crippen LogP contribution in [0.3, 0.4) is 0 Å². The Morgan fingerprint density at radius 1 is 1.45 bits per heavy atom. The van der Waals surface area contributed by atoms with Gasteiger partial charge in [-0.3, -0.25) is 10.1 Å². The molecule has 3 rings (SSSR count). The molecule has 0 aliphatic heterocycles. The summed E-state index contributed by atoms with van der Waals surface area (Å²) in [4.78, 5) is 14.9.